The average Bonchev–Trinajstić information content (AvgIpc) is 3.17. The number of amidine groups is 1. The summed E-state index contributed by atoms with van der Waals surface area (Å²) in [4.78, 5) is 30.3. The second-order valence-electron chi connectivity index (χ2n) is 6.28. The maximum absolute atomic E-state index is 12.2. The molecule has 2 aliphatic rings. The standard InChI is InChI=1S/C21H12N3O3SeTe/c25-19-13(20(26)23-21(29)22-19)11-12-9-10-18(28-12)24-14-5-1-3-7-16(14)27-17-8-4-2-6-15(17)24/h1-11H,(H,22,23,25,26). The molecule has 1 N–H and O–H groups in total. The Hall–Kier alpha value is -2.62. The molecule has 1 radical (unpaired) electrons. The topological polar surface area (TPSA) is 71.0 Å². The Labute approximate surface area is 185 Å². The number of benzene rings is 2. The van der Waals surface area contributed by atoms with Crippen molar-refractivity contribution in [3.8, 4) is 11.5 Å². The maximum atomic E-state index is 12.2. The number of hydrogen-bond acceptors (Lipinski definition) is 4. The Morgan fingerprint density at radius 3 is 2.28 bits per heavy atom. The third kappa shape index (κ3) is 3.35. The molecule has 0 atom stereocenters. The summed E-state index contributed by atoms with van der Waals surface area (Å²) >= 11 is 1.42. The van der Waals surface area contributed by atoms with Crippen LogP contribution in [0.3, 0.4) is 0 Å². The summed E-state index contributed by atoms with van der Waals surface area (Å²) in [5.74, 6) is 0.682. The molecule has 0 saturated carbocycles. The van der Waals surface area contributed by atoms with Gasteiger partial charge in [-0.15, -0.1) is 0 Å². The van der Waals surface area contributed by atoms with Crippen molar-refractivity contribution < 1.29 is 14.3 Å². The van der Waals surface area contributed by atoms with Crippen LogP contribution in [-0.4, -0.2) is 52.5 Å². The molecule has 141 valence electrons. The Morgan fingerprint density at radius 2 is 1.62 bits per heavy atom. The van der Waals surface area contributed by atoms with E-state index in [1.165, 1.54) is 22.3 Å². The molecule has 5 rings (SSSR count). The van der Waals surface area contributed by atoms with Gasteiger partial charge in [0, 0.05) is 0 Å². The van der Waals surface area contributed by atoms with Crippen LogP contribution in [0.1, 0.15) is 4.44 Å². The van der Waals surface area contributed by atoms with Crippen molar-refractivity contribution >= 4 is 74.5 Å². The summed E-state index contributed by atoms with van der Waals surface area (Å²) in [6, 6.07) is 19.8. The third-order valence-electron chi connectivity index (χ3n) is 4.45. The Balaban J connectivity index is 1.58. The van der Waals surface area contributed by atoms with Crippen LogP contribution < -0.4 is 15.0 Å². The number of aliphatic imine (C=N–C) groups is 1. The van der Waals surface area contributed by atoms with Gasteiger partial charge in [-0.1, -0.05) is 0 Å². The van der Waals surface area contributed by atoms with E-state index in [0.717, 1.165) is 31.9 Å². The molecule has 0 spiro atoms. The Kier molecular flexibility index (Phi) is 4.65. The predicted octanol–water partition coefficient (Wildman–Crippen LogP) is 2.88. The van der Waals surface area contributed by atoms with Crippen LogP contribution in [0.5, 0.6) is 11.5 Å². The zero-order chi connectivity index (χ0) is 20.0. The van der Waals surface area contributed by atoms with Crippen LogP contribution in [0.4, 0.5) is 15.9 Å². The van der Waals surface area contributed by atoms with Gasteiger partial charge in [0.05, 0.1) is 0 Å². The van der Waals surface area contributed by atoms with Crippen LogP contribution >= 0.6 is 0 Å². The van der Waals surface area contributed by atoms with E-state index in [1.54, 1.807) is 6.08 Å². The van der Waals surface area contributed by atoms with Gasteiger partial charge >= 0.3 is 186 Å². The molecule has 8 heteroatoms. The van der Waals surface area contributed by atoms with Crippen LogP contribution in [0.25, 0.3) is 6.08 Å². The molecule has 0 unspecified atom stereocenters. The second kappa shape index (κ2) is 7.32. The molecule has 0 saturated heterocycles. The number of anilines is 3. The first-order valence-corrected chi connectivity index (χ1v) is 11.6. The number of amides is 2. The zero-order valence-electron chi connectivity index (χ0n) is 14.8. The second-order valence-corrected chi connectivity index (χ2v) is 9.68. The number of ether oxygens (including phenoxy) is 1. The van der Waals surface area contributed by atoms with E-state index >= 15 is 0 Å². The predicted molar refractivity (Wildman–Crippen MR) is 112 cm³/mol. The van der Waals surface area contributed by atoms with Crippen molar-refractivity contribution in [1.29, 1.82) is 0 Å². The first-order chi connectivity index (χ1) is 14.1. The van der Waals surface area contributed by atoms with Gasteiger partial charge in [0.2, 0.25) is 0 Å². The van der Waals surface area contributed by atoms with E-state index in [0.29, 0.717) is 3.88 Å². The fourth-order valence-corrected chi connectivity index (χ4v) is 5.75. The first-order valence-electron chi connectivity index (χ1n) is 8.69. The van der Waals surface area contributed by atoms with Gasteiger partial charge in [0.25, 0.3) is 0 Å². The van der Waals surface area contributed by atoms with Crippen molar-refractivity contribution in [3.05, 3.63) is 70.7 Å². The molecular formula is C21H12N3O3SeTe. The van der Waals surface area contributed by atoms with Crippen molar-refractivity contribution in [2.45, 2.75) is 0 Å². The van der Waals surface area contributed by atoms with Crippen LogP contribution in [0.2, 0.25) is 0 Å². The quantitative estimate of drug-likeness (QED) is 0.233. The zero-order valence-corrected chi connectivity index (χ0v) is 18.8. The molecule has 0 bridgehead atoms. The molecule has 1 aromatic heterocycles. The molecule has 0 aliphatic carbocycles. The molecule has 2 aromatic carbocycles. The molecule has 2 amide bonds. The van der Waals surface area contributed by atoms with Crippen molar-refractivity contribution in [2.24, 2.45) is 4.99 Å². The molecule has 3 aromatic rings. The van der Waals surface area contributed by atoms with Gasteiger partial charge in [-0.25, -0.2) is 0 Å². The average molecular weight is 561 g/mol. The van der Waals surface area contributed by atoms with E-state index in [-0.39, 0.29) is 20.1 Å². The Morgan fingerprint density at radius 1 is 0.966 bits per heavy atom. The van der Waals surface area contributed by atoms with E-state index < -0.39 is 11.8 Å². The van der Waals surface area contributed by atoms with Gasteiger partial charge in [0.1, 0.15) is 0 Å². The number of nitrogens with one attached hydrogen (secondary N) is 1. The van der Waals surface area contributed by atoms with Gasteiger partial charge in [0.15, 0.2) is 0 Å². The fraction of sp³-hybridized carbons (Fsp3) is 0. The monoisotopic (exact) mass is 564 g/mol. The molecular weight excluding hydrogens is 549 g/mol. The summed E-state index contributed by atoms with van der Waals surface area (Å²) in [6.07, 6.45) is 1.65. The summed E-state index contributed by atoms with van der Waals surface area (Å²) in [6.45, 7) is 0. The van der Waals surface area contributed by atoms with Crippen LogP contribution in [0.15, 0.2) is 71.2 Å². The minimum absolute atomic E-state index is 0.0721. The van der Waals surface area contributed by atoms with E-state index in [4.69, 9.17) is 4.74 Å². The number of hydrogen-bond donors (Lipinski definition) is 1. The Bertz CT molecular complexity index is 1190. The molecule has 2 aliphatic heterocycles. The third-order valence-corrected chi connectivity index (χ3v) is 7.14. The normalized spacial score (nSPS) is 16.6. The van der Waals surface area contributed by atoms with Gasteiger partial charge < -0.3 is 0 Å². The molecule has 0 fully saturated rings. The summed E-state index contributed by atoms with van der Waals surface area (Å²) in [5, 5.41) is 2.60. The number of carbonyl (C=O) groups excluding carboxylic acids is 2. The van der Waals surface area contributed by atoms with Gasteiger partial charge in [-0.2, -0.15) is 0 Å². The number of rotatable bonds is 2. The molecule has 3 heterocycles. The van der Waals surface area contributed by atoms with Crippen molar-refractivity contribution in [2.75, 3.05) is 4.90 Å². The number of para-hydroxylation sites is 4. The summed E-state index contributed by atoms with van der Waals surface area (Å²) in [7, 11) is 0. The van der Waals surface area contributed by atoms with Crippen LogP contribution in [-0.2, 0) is 9.59 Å². The fourth-order valence-electron chi connectivity index (χ4n) is 3.19. The minimum atomic E-state index is -0.499. The van der Waals surface area contributed by atoms with Crippen LogP contribution in [0, 0.1) is 0 Å². The van der Waals surface area contributed by atoms with Gasteiger partial charge in [-0.3, -0.25) is 0 Å². The molecule has 6 nitrogen and oxygen atoms in total. The van der Waals surface area contributed by atoms with E-state index in [9.17, 15) is 9.59 Å². The summed E-state index contributed by atoms with van der Waals surface area (Å²) in [5.41, 5.74) is 2.00. The number of carbonyl (C=O) groups is 2. The number of fused-ring (bicyclic) bond motifs is 2. The van der Waals surface area contributed by atoms with E-state index in [1.807, 2.05) is 60.7 Å². The van der Waals surface area contributed by atoms with Crippen molar-refractivity contribution in [3.63, 3.8) is 0 Å². The first kappa shape index (κ1) is 18.4. The molecule has 29 heavy (non-hydrogen) atoms. The van der Waals surface area contributed by atoms with E-state index in [2.05, 4.69) is 15.2 Å². The number of nitrogens with zero attached hydrogens (tertiary/aromatic N) is 2. The van der Waals surface area contributed by atoms with Crippen molar-refractivity contribution in [1.82, 2.24) is 5.32 Å². The van der Waals surface area contributed by atoms with Gasteiger partial charge in [-0.05, 0) is 0 Å². The SMILES string of the molecule is O=C1N=C([Te])NC(=O)/C1=C\c1ccc(N2c3ccccc3Oc3ccccc32)[se]1. The summed E-state index contributed by atoms with van der Waals surface area (Å²) < 4.78 is 8.41.